The van der Waals surface area contributed by atoms with Crippen molar-refractivity contribution in [3.8, 4) is 0 Å². The lowest BCUT2D eigenvalue weighted by Crippen LogP contribution is -2.19. The maximum atomic E-state index is 13.8. The minimum atomic E-state index is -0.517. The van der Waals surface area contributed by atoms with Crippen LogP contribution in [0.2, 0.25) is 10.0 Å². The van der Waals surface area contributed by atoms with Crippen LogP contribution in [0.3, 0.4) is 0 Å². The van der Waals surface area contributed by atoms with Gasteiger partial charge in [0.2, 0.25) is 0 Å². The van der Waals surface area contributed by atoms with Crippen molar-refractivity contribution >= 4 is 34.2 Å². The Labute approximate surface area is 160 Å². The van der Waals surface area contributed by atoms with Crippen LogP contribution in [0.5, 0.6) is 0 Å². The Balaban J connectivity index is 1.91. The Bertz CT molecular complexity index is 1050. The monoisotopic (exact) mass is 393 g/mol. The number of nitrogens with one attached hydrogen (secondary N) is 1. The lowest BCUT2D eigenvalue weighted by Gasteiger charge is -2.17. The van der Waals surface area contributed by atoms with E-state index < -0.39 is 11.4 Å². The van der Waals surface area contributed by atoms with Crippen molar-refractivity contribution in [3.05, 3.63) is 78.9 Å². The molecule has 26 heavy (non-hydrogen) atoms. The molecule has 3 nitrogen and oxygen atoms in total. The molecule has 0 unspecified atom stereocenters. The molecule has 2 aromatic carbocycles. The molecular formula is C20H18Cl2FNO2. The predicted octanol–water partition coefficient (Wildman–Crippen LogP) is 5.71. The molecule has 0 amide bonds. The van der Waals surface area contributed by atoms with Gasteiger partial charge in [-0.15, -0.1) is 0 Å². The molecule has 1 atom stereocenters. The van der Waals surface area contributed by atoms with Crippen LogP contribution < -0.4 is 10.9 Å². The molecule has 0 fully saturated rings. The molecule has 1 heterocycles. The highest BCUT2D eigenvalue weighted by Crippen LogP contribution is 2.29. The van der Waals surface area contributed by atoms with Gasteiger partial charge in [0.15, 0.2) is 0 Å². The molecular weight excluding hydrogens is 376 g/mol. The van der Waals surface area contributed by atoms with Gasteiger partial charge in [-0.25, -0.2) is 9.18 Å². The van der Waals surface area contributed by atoms with Gasteiger partial charge < -0.3 is 9.73 Å². The van der Waals surface area contributed by atoms with Crippen LogP contribution in [-0.4, -0.2) is 0 Å². The SMILES string of the molecule is Cc1cc2oc(=O)cc(CN[C@@H](C)c3cc(F)c(Cl)cc3Cl)c2cc1C. The number of aryl methyl sites for hydroxylation is 2. The van der Waals surface area contributed by atoms with E-state index in [2.05, 4.69) is 5.32 Å². The molecule has 136 valence electrons. The van der Waals surface area contributed by atoms with Gasteiger partial charge in [0, 0.05) is 29.1 Å². The Morgan fingerprint density at radius 1 is 1.08 bits per heavy atom. The second kappa shape index (κ2) is 7.39. The third kappa shape index (κ3) is 3.78. The van der Waals surface area contributed by atoms with E-state index in [4.69, 9.17) is 27.6 Å². The lowest BCUT2D eigenvalue weighted by molar-refractivity contribution is 0.545. The molecule has 1 N–H and O–H groups in total. The van der Waals surface area contributed by atoms with Crippen molar-refractivity contribution < 1.29 is 8.81 Å². The quantitative estimate of drug-likeness (QED) is 0.456. The largest absolute Gasteiger partial charge is 0.423 e. The summed E-state index contributed by atoms with van der Waals surface area (Å²) in [6, 6.07) is 7.83. The van der Waals surface area contributed by atoms with E-state index in [9.17, 15) is 9.18 Å². The average Bonchev–Trinajstić information content (AvgIpc) is 2.57. The van der Waals surface area contributed by atoms with Crippen LogP contribution in [0, 0.1) is 19.7 Å². The van der Waals surface area contributed by atoms with Gasteiger partial charge in [0.25, 0.3) is 0 Å². The first-order valence-corrected chi connectivity index (χ1v) is 8.93. The van der Waals surface area contributed by atoms with Crippen LogP contribution in [0.15, 0.2) is 39.5 Å². The average molecular weight is 394 g/mol. The molecule has 6 heteroatoms. The summed E-state index contributed by atoms with van der Waals surface area (Å²) < 4.78 is 19.1. The molecule has 0 saturated heterocycles. The second-order valence-electron chi connectivity index (χ2n) is 6.41. The first kappa shape index (κ1) is 18.9. The van der Waals surface area contributed by atoms with Crippen LogP contribution in [0.1, 0.15) is 35.2 Å². The van der Waals surface area contributed by atoms with E-state index in [-0.39, 0.29) is 11.1 Å². The topological polar surface area (TPSA) is 42.2 Å². The van der Waals surface area contributed by atoms with E-state index in [1.165, 1.54) is 18.2 Å². The minimum absolute atomic E-state index is 0.0107. The van der Waals surface area contributed by atoms with Gasteiger partial charge in [0.1, 0.15) is 11.4 Å². The summed E-state index contributed by atoms with van der Waals surface area (Å²) in [5.41, 5.74) is 3.75. The zero-order valence-electron chi connectivity index (χ0n) is 14.6. The summed E-state index contributed by atoms with van der Waals surface area (Å²) in [7, 11) is 0. The third-order valence-corrected chi connectivity index (χ3v) is 5.17. The van der Waals surface area contributed by atoms with Crippen LogP contribution in [0.25, 0.3) is 11.0 Å². The van der Waals surface area contributed by atoms with Crippen molar-refractivity contribution in [2.24, 2.45) is 0 Å². The van der Waals surface area contributed by atoms with E-state index >= 15 is 0 Å². The van der Waals surface area contributed by atoms with Crippen molar-refractivity contribution in [2.45, 2.75) is 33.4 Å². The van der Waals surface area contributed by atoms with Gasteiger partial charge in [-0.3, -0.25) is 0 Å². The molecule has 0 aliphatic heterocycles. The van der Waals surface area contributed by atoms with Crippen LogP contribution in [-0.2, 0) is 6.54 Å². The maximum Gasteiger partial charge on any atom is 0.336 e. The third-order valence-electron chi connectivity index (χ3n) is 4.55. The van der Waals surface area contributed by atoms with Crippen LogP contribution in [0.4, 0.5) is 4.39 Å². The van der Waals surface area contributed by atoms with Gasteiger partial charge >= 0.3 is 5.63 Å². The summed E-state index contributed by atoms with van der Waals surface area (Å²) in [4.78, 5) is 11.9. The first-order chi connectivity index (χ1) is 12.3. The van der Waals surface area contributed by atoms with Crippen molar-refractivity contribution in [1.82, 2.24) is 5.32 Å². The molecule has 0 saturated carbocycles. The van der Waals surface area contributed by atoms with E-state index in [1.807, 2.05) is 32.9 Å². The van der Waals surface area contributed by atoms with Crippen molar-refractivity contribution in [2.75, 3.05) is 0 Å². The Kier molecular flexibility index (Phi) is 5.37. The minimum Gasteiger partial charge on any atom is -0.423 e. The van der Waals surface area contributed by atoms with Gasteiger partial charge in [-0.05, 0) is 67.3 Å². The highest BCUT2D eigenvalue weighted by Gasteiger charge is 2.14. The maximum absolute atomic E-state index is 13.8. The lowest BCUT2D eigenvalue weighted by atomic mass is 10.0. The fourth-order valence-corrected chi connectivity index (χ4v) is 3.42. The number of fused-ring (bicyclic) bond motifs is 1. The molecule has 3 aromatic rings. The molecule has 0 radical (unpaired) electrons. The number of halogens is 3. The van der Waals surface area contributed by atoms with Crippen molar-refractivity contribution in [3.63, 3.8) is 0 Å². The Morgan fingerprint density at radius 2 is 1.77 bits per heavy atom. The summed E-state index contributed by atoms with van der Waals surface area (Å²) in [5, 5.41) is 4.54. The molecule has 0 bridgehead atoms. The summed E-state index contributed by atoms with van der Waals surface area (Å²) in [6.07, 6.45) is 0. The first-order valence-electron chi connectivity index (χ1n) is 8.18. The molecule has 0 aliphatic carbocycles. The molecule has 0 aliphatic rings. The van der Waals surface area contributed by atoms with Gasteiger partial charge in [-0.2, -0.15) is 0 Å². The number of hydrogen-bond acceptors (Lipinski definition) is 3. The zero-order chi connectivity index (χ0) is 19.0. The number of benzene rings is 2. The predicted molar refractivity (Wildman–Crippen MR) is 104 cm³/mol. The second-order valence-corrected chi connectivity index (χ2v) is 7.23. The standard InChI is InChI=1S/C20H18Cl2FNO2/c1-10-4-15-13(6-20(25)26-19(15)5-11(10)2)9-24-12(3)14-7-18(23)17(22)8-16(14)21/h4-8,12,24H,9H2,1-3H3/t12-/m0/s1. The number of hydrogen-bond donors (Lipinski definition) is 1. The molecule has 0 spiro atoms. The molecule has 3 rings (SSSR count). The Morgan fingerprint density at radius 3 is 2.50 bits per heavy atom. The normalized spacial score (nSPS) is 12.5. The van der Waals surface area contributed by atoms with Gasteiger partial charge in [-0.1, -0.05) is 23.2 Å². The van der Waals surface area contributed by atoms with Crippen LogP contribution >= 0.6 is 23.2 Å². The van der Waals surface area contributed by atoms with E-state index in [0.29, 0.717) is 22.7 Å². The highest BCUT2D eigenvalue weighted by atomic mass is 35.5. The number of rotatable bonds is 4. The van der Waals surface area contributed by atoms with Gasteiger partial charge in [0.05, 0.1) is 5.02 Å². The summed E-state index contributed by atoms with van der Waals surface area (Å²) >= 11 is 11.9. The smallest absolute Gasteiger partial charge is 0.336 e. The highest BCUT2D eigenvalue weighted by molar-refractivity contribution is 6.35. The Hall–Kier alpha value is -1.88. The van der Waals surface area contributed by atoms with Crippen molar-refractivity contribution in [1.29, 1.82) is 0 Å². The fraction of sp³-hybridized carbons (Fsp3) is 0.250. The van der Waals surface area contributed by atoms with E-state index in [1.54, 1.807) is 0 Å². The zero-order valence-corrected chi connectivity index (χ0v) is 16.1. The summed E-state index contributed by atoms with van der Waals surface area (Å²) in [6.45, 7) is 6.26. The molecule has 1 aromatic heterocycles. The summed E-state index contributed by atoms with van der Waals surface area (Å²) in [5.74, 6) is -0.517. The van der Waals surface area contributed by atoms with E-state index in [0.717, 1.165) is 22.1 Å². The fourth-order valence-electron chi connectivity index (χ4n) is 2.87.